The van der Waals surface area contributed by atoms with Gasteiger partial charge in [0.15, 0.2) is 4.32 Å². The zero-order valence-corrected chi connectivity index (χ0v) is 15.6. The number of nitro groups is 2. The molecule has 136 valence electrons. The zero-order chi connectivity index (χ0) is 19.7. The van der Waals surface area contributed by atoms with Gasteiger partial charge in [-0.1, -0.05) is 41.6 Å². The number of thioether (sulfide) groups is 1. The van der Waals surface area contributed by atoms with E-state index in [9.17, 15) is 25.0 Å². The number of nitro benzene ring substituents is 2. The first-order chi connectivity index (χ1) is 12.8. The Labute approximate surface area is 166 Å². The van der Waals surface area contributed by atoms with Crippen LogP contribution in [0.2, 0.25) is 5.02 Å². The van der Waals surface area contributed by atoms with Gasteiger partial charge in [0.2, 0.25) is 0 Å². The van der Waals surface area contributed by atoms with Crippen molar-refractivity contribution in [2.45, 2.75) is 0 Å². The van der Waals surface area contributed by atoms with E-state index in [1.54, 1.807) is 6.07 Å². The summed E-state index contributed by atoms with van der Waals surface area (Å²) in [6.07, 6.45) is 1.48. The van der Waals surface area contributed by atoms with E-state index in [4.69, 9.17) is 23.8 Å². The Morgan fingerprint density at radius 3 is 2.33 bits per heavy atom. The summed E-state index contributed by atoms with van der Waals surface area (Å²) in [6.45, 7) is 0. The molecule has 0 aliphatic carbocycles. The second kappa shape index (κ2) is 7.43. The van der Waals surface area contributed by atoms with Crippen LogP contribution in [-0.4, -0.2) is 20.1 Å². The molecule has 2 aromatic rings. The number of rotatable bonds is 4. The molecule has 3 rings (SSSR count). The van der Waals surface area contributed by atoms with Crippen molar-refractivity contribution in [3.63, 3.8) is 0 Å². The number of amides is 1. The van der Waals surface area contributed by atoms with Gasteiger partial charge < -0.3 is 0 Å². The van der Waals surface area contributed by atoms with Crippen LogP contribution in [0.4, 0.5) is 17.1 Å². The zero-order valence-electron chi connectivity index (χ0n) is 13.2. The maximum atomic E-state index is 12.7. The lowest BCUT2D eigenvalue weighted by atomic mass is 10.2. The van der Waals surface area contributed by atoms with E-state index in [0.717, 1.165) is 11.8 Å². The van der Waals surface area contributed by atoms with E-state index in [-0.39, 0.29) is 25.6 Å². The quantitative estimate of drug-likeness (QED) is 0.308. The van der Waals surface area contributed by atoms with Crippen molar-refractivity contribution in [2.75, 3.05) is 4.90 Å². The van der Waals surface area contributed by atoms with Crippen molar-refractivity contribution in [3.05, 3.63) is 78.2 Å². The Hall–Kier alpha value is -2.82. The minimum absolute atomic E-state index is 0.00409. The van der Waals surface area contributed by atoms with Crippen LogP contribution in [0.25, 0.3) is 6.08 Å². The van der Waals surface area contributed by atoms with Crippen LogP contribution in [0.1, 0.15) is 5.56 Å². The first-order valence-corrected chi connectivity index (χ1v) is 8.84. The molecule has 1 heterocycles. The SMILES string of the molecule is O=C1/C(=C\c2ccc(Cl)c([N+](=O)[O-])c2)SC(=S)N1c1ccc([N+](=O)[O-])cc1. The third kappa shape index (κ3) is 3.82. The molecule has 1 fully saturated rings. The molecule has 2 aromatic carbocycles. The highest BCUT2D eigenvalue weighted by atomic mass is 35.5. The molecule has 0 radical (unpaired) electrons. The summed E-state index contributed by atoms with van der Waals surface area (Å²) >= 11 is 12.0. The third-order valence-electron chi connectivity index (χ3n) is 3.58. The molecule has 27 heavy (non-hydrogen) atoms. The molecule has 8 nitrogen and oxygen atoms in total. The monoisotopic (exact) mass is 421 g/mol. The minimum Gasteiger partial charge on any atom is -0.268 e. The van der Waals surface area contributed by atoms with Crippen LogP contribution in [0, 0.1) is 20.2 Å². The lowest BCUT2D eigenvalue weighted by Gasteiger charge is -2.13. The molecule has 0 unspecified atom stereocenters. The number of carbonyl (C=O) groups is 1. The van der Waals surface area contributed by atoms with Gasteiger partial charge in [-0.3, -0.25) is 29.9 Å². The molecule has 0 spiro atoms. The van der Waals surface area contributed by atoms with Crippen LogP contribution in [0.15, 0.2) is 47.4 Å². The molecule has 0 bridgehead atoms. The standard InChI is InChI=1S/C16H8ClN3O5S2/c17-12-6-1-9(7-13(12)20(24)25)8-14-15(21)18(16(26)27-14)10-2-4-11(5-3-10)19(22)23/h1-8H/b14-8+. The highest BCUT2D eigenvalue weighted by molar-refractivity contribution is 8.27. The summed E-state index contributed by atoms with van der Waals surface area (Å²) in [5.74, 6) is -0.420. The van der Waals surface area contributed by atoms with Gasteiger partial charge in [-0.25, -0.2) is 0 Å². The van der Waals surface area contributed by atoms with Crippen LogP contribution < -0.4 is 4.90 Å². The topological polar surface area (TPSA) is 107 Å². The fourth-order valence-electron chi connectivity index (χ4n) is 2.32. The summed E-state index contributed by atoms with van der Waals surface area (Å²) in [6, 6.07) is 9.61. The number of nitrogens with zero attached hydrogens (tertiary/aromatic N) is 3. The molecule has 11 heteroatoms. The van der Waals surface area contributed by atoms with Gasteiger partial charge in [0, 0.05) is 18.2 Å². The second-order valence-corrected chi connectivity index (χ2v) is 7.34. The number of non-ortho nitro benzene ring substituents is 1. The third-order valence-corrected chi connectivity index (χ3v) is 5.20. The normalized spacial score (nSPS) is 15.4. The molecule has 0 atom stereocenters. The molecule has 0 saturated carbocycles. The van der Waals surface area contributed by atoms with Crippen LogP contribution >= 0.6 is 35.6 Å². The van der Waals surface area contributed by atoms with E-state index >= 15 is 0 Å². The molecule has 0 aromatic heterocycles. The van der Waals surface area contributed by atoms with Gasteiger partial charge in [-0.15, -0.1) is 0 Å². The summed E-state index contributed by atoms with van der Waals surface area (Å²) in [5, 5.41) is 21.7. The van der Waals surface area contributed by atoms with Crippen molar-refractivity contribution in [1.82, 2.24) is 0 Å². The van der Waals surface area contributed by atoms with E-state index in [2.05, 4.69) is 0 Å². The Bertz CT molecular complexity index is 1020. The van der Waals surface area contributed by atoms with Crippen molar-refractivity contribution >= 4 is 68.9 Å². The van der Waals surface area contributed by atoms with Crippen LogP contribution in [-0.2, 0) is 4.79 Å². The van der Waals surface area contributed by atoms with E-state index in [1.807, 2.05) is 0 Å². The Morgan fingerprint density at radius 1 is 1.07 bits per heavy atom. The van der Waals surface area contributed by atoms with Gasteiger partial charge in [0.1, 0.15) is 5.02 Å². The fourth-order valence-corrected chi connectivity index (χ4v) is 3.81. The largest absolute Gasteiger partial charge is 0.288 e. The molecular weight excluding hydrogens is 414 g/mol. The van der Waals surface area contributed by atoms with E-state index in [0.29, 0.717) is 11.3 Å². The Balaban J connectivity index is 1.92. The maximum absolute atomic E-state index is 12.7. The van der Waals surface area contributed by atoms with Crippen molar-refractivity contribution in [2.24, 2.45) is 0 Å². The van der Waals surface area contributed by atoms with E-state index in [1.165, 1.54) is 47.4 Å². The number of hydrogen-bond donors (Lipinski definition) is 0. The second-order valence-electron chi connectivity index (χ2n) is 5.26. The lowest BCUT2D eigenvalue weighted by Crippen LogP contribution is -2.27. The number of thiocarbonyl (C=S) groups is 1. The molecular formula is C16H8ClN3O5S2. The maximum Gasteiger partial charge on any atom is 0.288 e. The number of benzene rings is 2. The molecule has 1 aliphatic rings. The predicted molar refractivity (Wildman–Crippen MR) is 107 cm³/mol. The minimum atomic E-state index is -0.609. The average Bonchev–Trinajstić information content (AvgIpc) is 2.90. The summed E-state index contributed by atoms with van der Waals surface area (Å²) in [4.78, 5) is 34.8. The molecule has 1 saturated heterocycles. The first-order valence-electron chi connectivity index (χ1n) is 7.24. The highest BCUT2D eigenvalue weighted by Gasteiger charge is 2.33. The number of carbonyl (C=O) groups excluding carboxylic acids is 1. The number of hydrogen-bond acceptors (Lipinski definition) is 7. The average molecular weight is 422 g/mol. The van der Waals surface area contributed by atoms with Crippen molar-refractivity contribution < 1.29 is 14.6 Å². The Morgan fingerprint density at radius 2 is 1.74 bits per heavy atom. The summed E-state index contributed by atoms with van der Waals surface area (Å²) in [7, 11) is 0. The van der Waals surface area contributed by atoms with Crippen molar-refractivity contribution in [1.29, 1.82) is 0 Å². The number of halogens is 1. The predicted octanol–water partition coefficient (Wildman–Crippen LogP) is 4.56. The lowest BCUT2D eigenvalue weighted by molar-refractivity contribution is -0.385. The van der Waals surface area contributed by atoms with Gasteiger partial charge in [0.05, 0.1) is 20.4 Å². The first kappa shape index (κ1) is 19.0. The van der Waals surface area contributed by atoms with E-state index < -0.39 is 15.8 Å². The Kier molecular flexibility index (Phi) is 5.22. The summed E-state index contributed by atoms with van der Waals surface area (Å²) in [5.41, 5.74) is 0.452. The van der Waals surface area contributed by atoms with Crippen molar-refractivity contribution in [3.8, 4) is 0 Å². The van der Waals surface area contributed by atoms with Gasteiger partial charge in [-0.05, 0) is 29.8 Å². The van der Waals surface area contributed by atoms with Crippen LogP contribution in [0.3, 0.4) is 0 Å². The molecule has 1 aliphatic heterocycles. The van der Waals surface area contributed by atoms with Gasteiger partial charge in [-0.2, -0.15) is 0 Å². The molecule has 1 amide bonds. The van der Waals surface area contributed by atoms with Gasteiger partial charge >= 0.3 is 0 Å². The molecule has 0 N–H and O–H groups in total. The van der Waals surface area contributed by atoms with Crippen LogP contribution in [0.5, 0.6) is 0 Å². The summed E-state index contributed by atoms with van der Waals surface area (Å²) < 4.78 is 0.253. The number of anilines is 1. The highest BCUT2D eigenvalue weighted by Crippen LogP contribution is 2.37. The van der Waals surface area contributed by atoms with Gasteiger partial charge in [0.25, 0.3) is 17.3 Å². The smallest absolute Gasteiger partial charge is 0.268 e. The fraction of sp³-hybridized carbons (Fsp3) is 0.